The molecule has 1 aromatic heterocycles. The van der Waals surface area contributed by atoms with Crippen molar-refractivity contribution in [3.8, 4) is 0 Å². The number of aromatic amines is 1. The number of aryl methyl sites for hydroxylation is 1. The molecule has 2 aromatic rings. The van der Waals surface area contributed by atoms with Gasteiger partial charge in [0.05, 0.1) is 5.56 Å². The molecule has 1 aliphatic rings. The summed E-state index contributed by atoms with van der Waals surface area (Å²) < 4.78 is 12.2. The Morgan fingerprint density at radius 3 is 2.75 bits per heavy atom. The van der Waals surface area contributed by atoms with E-state index in [1.54, 1.807) is 43.3 Å². The Morgan fingerprint density at radius 2 is 2.00 bits per heavy atom. The number of ether oxygens (including phenoxy) is 2. The van der Waals surface area contributed by atoms with E-state index in [0.29, 0.717) is 11.1 Å². The van der Waals surface area contributed by atoms with Gasteiger partial charge in [0.25, 0.3) is 5.56 Å². The van der Waals surface area contributed by atoms with Crippen molar-refractivity contribution in [2.45, 2.75) is 19.3 Å². The van der Waals surface area contributed by atoms with Crippen molar-refractivity contribution in [2.75, 3.05) is 6.61 Å². The van der Waals surface area contributed by atoms with Gasteiger partial charge >= 0.3 is 11.7 Å². The lowest BCUT2D eigenvalue weighted by atomic mass is 10.2. The second-order valence-corrected chi connectivity index (χ2v) is 5.39. The highest BCUT2D eigenvalue weighted by Gasteiger charge is 2.23. The predicted molar refractivity (Wildman–Crippen MR) is 85.8 cm³/mol. The van der Waals surface area contributed by atoms with E-state index in [-0.39, 0.29) is 6.61 Å². The zero-order valence-corrected chi connectivity index (χ0v) is 13.0. The SMILES string of the molecule is Cc1cn([C@H]2C=C[C@H](COC(=O)c3ccccc3)O2)c(=O)[nH]c1=O. The van der Waals surface area contributed by atoms with Gasteiger partial charge in [-0.15, -0.1) is 0 Å². The Morgan fingerprint density at radius 1 is 1.25 bits per heavy atom. The fraction of sp³-hybridized carbons (Fsp3) is 0.235. The fourth-order valence-electron chi connectivity index (χ4n) is 2.33. The molecular weight excluding hydrogens is 312 g/mol. The Balaban J connectivity index is 1.62. The first kappa shape index (κ1) is 15.9. The minimum atomic E-state index is -0.645. The van der Waals surface area contributed by atoms with Gasteiger partial charge in [-0.3, -0.25) is 14.3 Å². The van der Waals surface area contributed by atoms with E-state index in [0.717, 1.165) is 0 Å². The summed E-state index contributed by atoms with van der Waals surface area (Å²) in [6.45, 7) is 1.64. The maximum Gasteiger partial charge on any atom is 0.338 e. The van der Waals surface area contributed by atoms with Gasteiger partial charge in [0.1, 0.15) is 12.7 Å². The number of hydrogen-bond donors (Lipinski definition) is 1. The molecule has 1 aliphatic heterocycles. The molecule has 124 valence electrons. The number of H-pyrrole nitrogens is 1. The lowest BCUT2D eigenvalue weighted by molar-refractivity contribution is -0.0223. The monoisotopic (exact) mass is 328 g/mol. The molecule has 2 heterocycles. The van der Waals surface area contributed by atoms with Gasteiger partial charge in [-0.25, -0.2) is 9.59 Å². The van der Waals surface area contributed by atoms with E-state index < -0.39 is 29.6 Å². The van der Waals surface area contributed by atoms with E-state index in [1.807, 2.05) is 6.07 Å². The van der Waals surface area contributed by atoms with Crippen LogP contribution < -0.4 is 11.2 Å². The molecule has 0 bridgehead atoms. The van der Waals surface area contributed by atoms with Crippen LogP contribution in [0, 0.1) is 6.92 Å². The minimum Gasteiger partial charge on any atom is -0.459 e. The summed E-state index contributed by atoms with van der Waals surface area (Å²) in [5.41, 5.74) is -0.109. The molecule has 24 heavy (non-hydrogen) atoms. The van der Waals surface area contributed by atoms with Crippen LogP contribution in [0.15, 0.2) is 58.3 Å². The van der Waals surface area contributed by atoms with Crippen LogP contribution in [0.5, 0.6) is 0 Å². The van der Waals surface area contributed by atoms with Crippen molar-refractivity contribution in [2.24, 2.45) is 0 Å². The third-order valence-corrected chi connectivity index (χ3v) is 3.61. The molecule has 0 unspecified atom stereocenters. The first-order chi connectivity index (χ1) is 11.5. The zero-order chi connectivity index (χ0) is 17.1. The van der Waals surface area contributed by atoms with Crippen molar-refractivity contribution in [3.63, 3.8) is 0 Å². The van der Waals surface area contributed by atoms with Crippen LogP contribution >= 0.6 is 0 Å². The molecular formula is C17H16N2O5. The Labute approximate surface area is 137 Å². The van der Waals surface area contributed by atoms with E-state index >= 15 is 0 Å². The lowest BCUT2D eigenvalue weighted by Gasteiger charge is -2.16. The van der Waals surface area contributed by atoms with Gasteiger partial charge in [-0.2, -0.15) is 0 Å². The topological polar surface area (TPSA) is 90.4 Å². The number of nitrogens with one attached hydrogen (secondary N) is 1. The molecule has 1 N–H and O–H groups in total. The van der Waals surface area contributed by atoms with Gasteiger partial charge in [0.15, 0.2) is 6.23 Å². The Hall–Kier alpha value is -2.93. The standard InChI is InChI=1S/C17H16N2O5/c1-11-9-19(17(22)18-15(11)20)14-8-7-13(24-14)10-23-16(21)12-5-3-2-4-6-12/h2-9,13-14H,10H2,1H3,(H,18,20,22)/t13-,14-/m1/s1. The molecule has 2 atom stereocenters. The van der Waals surface area contributed by atoms with E-state index in [4.69, 9.17) is 9.47 Å². The number of nitrogens with zero attached hydrogens (tertiary/aromatic N) is 1. The number of benzene rings is 1. The highest BCUT2D eigenvalue weighted by molar-refractivity contribution is 5.89. The molecule has 1 aromatic carbocycles. The minimum absolute atomic E-state index is 0.0395. The van der Waals surface area contributed by atoms with E-state index in [2.05, 4.69) is 4.98 Å². The highest BCUT2D eigenvalue weighted by atomic mass is 16.6. The summed E-state index contributed by atoms with van der Waals surface area (Å²) in [7, 11) is 0. The predicted octanol–water partition coefficient (Wildman–Crippen LogP) is 1.16. The molecule has 0 aliphatic carbocycles. The van der Waals surface area contributed by atoms with Crippen molar-refractivity contribution in [3.05, 3.63) is 80.6 Å². The van der Waals surface area contributed by atoms with Crippen LogP contribution in [0.1, 0.15) is 22.1 Å². The number of hydrogen-bond acceptors (Lipinski definition) is 5. The van der Waals surface area contributed by atoms with Gasteiger partial charge in [-0.05, 0) is 25.1 Å². The molecule has 0 fully saturated rings. The van der Waals surface area contributed by atoms with Gasteiger partial charge in [0.2, 0.25) is 0 Å². The van der Waals surface area contributed by atoms with E-state index in [1.165, 1.54) is 10.8 Å². The first-order valence-corrected chi connectivity index (χ1v) is 7.42. The maximum atomic E-state index is 11.9. The smallest absolute Gasteiger partial charge is 0.338 e. The molecule has 0 saturated carbocycles. The summed E-state index contributed by atoms with van der Waals surface area (Å²) in [5.74, 6) is -0.437. The summed E-state index contributed by atoms with van der Waals surface area (Å²) in [4.78, 5) is 37.4. The molecule has 0 spiro atoms. The third-order valence-electron chi connectivity index (χ3n) is 3.61. The van der Waals surface area contributed by atoms with Crippen molar-refractivity contribution < 1.29 is 14.3 Å². The van der Waals surface area contributed by atoms with Crippen LogP contribution in [-0.4, -0.2) is 28.2 Å². The molecule has 0 radical (unpaired) electrons. The number of carbonyl (C=O) groups is 1. The van der Waals surface area contributed by atoms with Gasteiger partial charge < -0.3 is 9.47 Å². The first-order valence-electron chi connectivity index (χ1n) is 7.42. The molecule has 3 rings (SSSR count). The van der Waals surface area contributed by atoms with Gasteiger partial charge in [0, 0.05) is 11.8 Å². The number of carbonyl (C=O) groups excluding carboxylic acids is 1. The van der Waals surface area contributed by atoms with Gasteiger partial charge in [-0.1, -0.05) is 24.3 Å². The third kappa shape index (κ3) is 3.36. The average Bonchev–Trinajstić information content (AvgIpc) is 3.05. The van der Waals surface area contributed by atoms with Crippen LogP contribution in [0.2, 0.25) is 0 Å². The Kier molecular flexibility index (Phi) is 4.43. The average molecular weight is 328 g/mol. The second kappa shape index (κ2) is 6.67. The number of aromatic nitrogens is 2. The van der Waals surface area contributed by atoms with Crippen LogP contribution in [0.25, 0.3) is 0 Å². The summed E-state index contributed by atoms with van der Waals surface area (Å²) in [6.07, 6.45) is 3.74. The molecule has 0 amide bonds. The van der Waals surface area contributed by atoms with E-state index in [9.17, 15) is 14.4 Å². The summed E-state index contributed by atoms with van der Waals surface area (Å²) in [6, 6.07) is 8.65. The fourth-order valence-corrected chi connectivity index (χ4v) is 2.33. The van der Waals surface area contributed by atoms with Crippen molar-refractivity contribution >= 4 is 5.97 Å². The zero-order valence-electron chi connectivity index (χ0n) is 13.0. The number of esters is 1. The van der Waals surface area contributed by atoms with Crippen molar-refractivity contribution in [1.29, 1.82) is 0 Å². The quantitative estimate of drug-likeness (QED) is 0.672. The molecule has 7 heteroatoms. The molecule has 0 saturated heterocycles. The van der Waals surface area contributed by atoms with Crippen LogP contribution in [-0.2, 0) is 9.47 Å². The summed E-state index contributed by atoms with van der Waals surface area (Å²) >= 11 is 0. The highest BCUT2D eigenvalue weighted by Crippen LogP contribution is 2.20. The normalized spacial score (nSPS) is 19.4. The van der Waals surface area contributed by atoms with Crippen LogP contribution in [0.4, 0.5) is 0 Å². The maximum absolute atomic E-state index is 11.9. The Bertz CT molecular complexity index is 882. The second-order valence-electron chi connectivity index (χ2n) is 5.39. The molecule has 7 nitrogen and oxygen atoms in total. The van der Waals surface area contributed by atoms with Crippen molar-refractivity contribution in [1.82, 2.24) is 9.55 Å². The lowest BCUT2D eigenvalue weighted by Crippen LogP contribution is -2.33. The summed E-state index contributed by atoms with van der Waals surface area (Å²) in [5, 5.41) is 0. The van der Waals surface area contributed by atoms with Crippen LogP contribution in [0.3, 0.4) is 0 Å². The number of rotatable bonds is 4. The largest absolute Gasteiger partial charge is 0.459 e.